The zero-order chi connectivity index (χ0) is 21.6. The Bertz CT molecular complexity index is 1150. The third-order valence-electron chi connectivity index (χ3n) is 4.73. The molecule has 4 rings (SSSR count). The third kappa shape index (κ3) is 5.35. The van der Waals surface area contributed by atoms with E-state index in [4.69, 9.17) is 20.8 Å². The molecule has 2 aromatic heterocycles. The van der Waals surface area contributed by atoms with E-state index in [9.17, 15) is 4.79 Å². The second kappa shape index (κ2) is 9.53. The first-order valence-corrected chi connectivity index (χ1v) is 10.4. The van der Waals surface area contributed by atoms with E-state index < -0.39 is 5.91 Å². The molecule has 158 valence electrons. The highest BCUT2D eigenvalue weighted by Crippen LogP contribution is 2.22. The maximum atomic E-state index is 12.5. The molecular weight excluding hydrogens is 414 g/mol. The Labute approximate surface area is 185 Å². The highest BCUT2D eigenvalue weighted by Gasteiger charge is 2.16. The number of benzene rings is 2. The molecule has 0 fully saturated rings. The number of anilines is 1. The van der Waals surface area contributed by atoms with E-state index in [0.29, 0.717) is 17.3 Å². The van der Waals surface area contributed by atoms with Crippen LogP contribution in [0.25, 0.3) is 0 Å². The summed E-state index contributed by atoms with van der Waals surface area (Å²) in [4.78, 5) is 12.5. The number of hydrogen-bond donors (Lipinski definition) is 1. The van der Waals surface area contributed by atoms with E-state index in [-0.39, 0.29) is 18.2 Å². The van der Waals surface area contributed by atoms with Gasteiger partial charge in [0.05, 0.1) is 6.54 Å². The molecule has 1 amide bonds. The lowest BCUT2D eigenvalue weighted by Gasteiger charge is -2.05. The van der Waals surface area contributed by atoms with Crippen molar-refractivity contribution in [2.45, 2.75) is 26.5 Å². The van der Waals surface area contributed by atoms with Crippen molar-refractivity contribution in [3.63, 3.8) is 0 Å². The average Bonchev–Trinajstić information content (AvgIpc) is 3.40. The van der Waals surface area contributed by atoms with Gasteiger partial charge in [-0.15, -0.1) is 0 Å². The molecular formula is C24H22ClN3O3. The Morgan fingerprint density at radius 2 is 1.84 bits per heavy atom. The molecule has 0 atom stereocenters. The molecule has 0 bridgehead atoms. The van der Waals surface area contributed by atoms with Crippen molar-refractivity contribution in [1.29, 1.82) is 0 Å². The SMILES string of the molecule is CCc1ccc(OCc2ccc(C(=O)Nc3nn(Cc4ccccc4)cc3Cl)o2)cc1. The topological polar surface area (TPSA) is 69.3 Å². The van der Waals surface area contributed by atoms with Gasteiger partial charge >= 0.3 is 0 Å². The fourth-order valence-electron chi connectivity index (χ4n) is 3.06. The number of aromatic nitrogens is 2. The van der Waals surface area contributed by atoms with E-state index in [1.165, 1.54) is 5.56 Å². The molecule has 31 heavy (non-hydrogen) atoms. The van der Waals surface area contributed by atoms with E-state index in [0.717, 1.165) is 17.7 Å². The molecule has 2 heterocycles. The van der Waals surface area contributed by atoms with Gasteiger partial charge in [0.2, 0.25) is 0 Å². The maximum Gasteiger partial charge on any atom is 0.292 e. The molecule has 0 aliphatic heterocycles. The molecule has 4 aromatic rings. The smallest absolute Gasteiger partial charge is 0.292 e. The quantitative estimate of drug-likeness (QED) is 0.392. The van der Waals surface area contributed by atoms with Crippen LogP contribution in [0.1, 0.15) is 34.4 Å². The van der Waals surface area contributed by atoms with Crippen LogP contribution in [0.4, 0.5) is 5.82 Å². The maximum absolute atomic E-state index is 12.5. The second-order valence-electron chi connectivity index (χ2n) is 7.02. The van der Waals surface area contributed by atoms with E-state index in [2.05, 4.69) is 17.3 Å². The lowest BCUT2D eigenvalue weighted by molar-refractivity contribution is 0.0992. The third-order valence-corrected chi connectivity index (χ3v) is 5.01. The van der Waals surface area contributed by atoms with Crippen LogP contribution in [0.2, 0.25) is 5.02 Å². The molecule has 1 N–H and O–H groups in total. The fourth-order valence-corrected chi connectivity index (χ4v) is 3.25. The first-order chi connectivity index (χ1) is 15.1. The van der Waals surface area contributed by atoms with Crippen LogP contribution in [0.3, 0.4) is 0 Å². The lowest BCUT2D eigenvalue weighted by atomic mass is 10.2. The molecule has 7 heteroatoms. The number of carbonyl (C=O) groups is 1. The summed E-state index contributed by atoms with van der Waals surface area (Å²) < 4.78 is 13.0. The van der Waals surface area contributed by atoms with Gasteiger partial charge in [0, 0.05) is 6.20 Å². The predicted molar refractivity (Wildman–Crippen MR) is 120 cm³/mol. The van der Waals surface area contributed by atoms with E-state index >= 15 is 0 Å². The van der Waals surface area contributed by atoms with Gasteiger partial charge in [0.15, 0.2) is 11.6 Å². The predicted octanol–water partition coefficient (Wildman–Crippen LogP) is 5.57. The van der Waals surface area contributed by atoms with E-state index in [1.807, 2.05) is 54.6 Å². The summed E-state index contributed by atoms with van der Waals surface area (Å²) in [7, 11) is 0. The average molecular weight is 436 g/mol. The van der Waals surface area contributed by atoms with Gasteiger partial charge in [-0.3, -0.25) is 9.48 Å². The van der Waals surface area contributed by atoms with Gasteiger partial charge in [0.25, 0.3) is 5.91 Å². The van der Waals surface area contributed by atoms with Crippen LogP contribution in [0, 0.1) is 0 Å². The molecule has 0 unspecified atom stereocenters. The van der Waals surface area contributed by atoms with Crippen molar-refractivity contribution in [3.8, 4) is 5.75 Å². The van der Waals surface area contributed by atoms with Crippen LogP contribution in [-0.4, -0.2) is 15.7 Å². The number of furan rings is 1. The summed E-state index contributed by atoms with van der Waals surface area (Å²) in [5, 5.41) is 7.41. The monoisotopic (exact) mass is 435 g/mol. The number of carbonyl (C=O) groups excluding carboxylic acids is 1. The van der Waals surface area contributed by atoms with Gasteiger partial charge < -0.3 is 14.5 Å². The number of ether oxygens (including phenoxy) is 1. The van der Waals surface area contributed by atoms with Crippen LogP contribution in [-0.2, 0) is 19.6 Å². The van der Waals surface area contributed by atoms with Crippen molar-refractivity contribution >= 4 is 23.3 Å². The summed E-state index contributed by atoms with van der Waals surface area (Å²) in [6.07, 6.45) is 2.65. The Morgan fingerprint density at radius 1 is 1.06 bits per heavy atom. The molecule has 6 nitrogen and oxygen atoms in total. The molecule has 0 saturated carbocycles. The number of halogens is 1. The first kappa shape index (κ1) is 20.8. The van der Waals surface area contributed by atoms with Gasteiger partial charge in [-0.1, -0.05) is 61.0 Å². The van der Waals surface area contributed by atoms with Crippen LogP contribution >= 0.6 is 11.6 Å². The molecule has 2 aromatic carbocycles. The minimum Gasteiger partial charge on any atom is -0.486 e. The zero-order valence-corrected chi connectivity index (χ0v) is 17.8. The first-order valence-electron chi connectivity index (χ1n) is 9.99. The van der Waals surface area contributed by atoms with Gasteiger partial charge in [0.1, 0.15) is 23.1 Å². The van der Waals surface area contributed by atoms with Crippen molar-refractivity contribution in [1.82, 2.24) is 9.78 Å². The number of hydrogen-bond acceptors (Lipinski definition) is 4. The highest BCUT2D eigenvalue weighted by atomic mass is 35.5. The van der Waals surface area contributed by atoms with Crippen LogP contribution < -0.4 is 10.1 Å². The standard InChI is InChI=1S/C24H22ClN3O3/c1-2-17-8-10-19(11-9-17)30-16-20-12-13-22(31-20)24(29)26-23-21(25)15-28(27-23)14-18-6-4-3-5-7-18/h3-13,15H,2,14,16H2,1H3,(H,26,27,29). The summed E-state index contributed by atoms with van der Waals surface area (Å²) in [6, 6.07) is 21.1. The molecule has 0 saturated heterocycles. The molecule has 0 aliphatic carbocycles. The van der Waals surface area contributed by atoms with Crippen molar-refractivity contribution in [2.75, 3.05) is 5.32 Å². The van der Waals surface area contributed by atoms with Crippen LogP contribution in [0.5, 0.6) is 5.75 Å². The summed E-state index contributed by atoms with van der Waals surface area (Å²) in [5.74, 6) is 1.31. The summed E-state index contributed by atoms with van der Waals surface area (Å²) in [6.45, 7) is 2.88. The Kier molecular flexibility index (Phi) is 6.38. The Morgan fingerprint density at radius 3 is 2.58 bits per heavy atom. The number of nitrogens with zero attached hydrogens (tertiary/aromatic N) is 2. The van der Waals surface area contributed by atoms with Crippen molar-refractivity contribution in [3.05, 3.63) is 101 Å². The number of rotatable bonds is 8. The minimum absolute atomic E-state index is 0.161. The molecule has 0 radical (unpaired) electrons. The van der Waals surface area contributed by atoms with Gasteiger partial charge in [-0.25, -0.2) is 0 Å². The lowest BCUT2D eigenvalue weighted by Crippen LogP contribution is -2.12. The molecule has 0 spiro atoms. The second-order valence-corrected chi connectivity index (χ2v) is 7.42. The summed E-state index contributed by atoms with van der Waals surface area (Å²) >= 11 is 6.24. The van der Waals surface area contributed by atoms with Crippen molar-refractivity contribution in [2.24, 2.45) is 0 Å². The zero-order valence-electron chi connectivity index (χ0n) is 17.0. The van der Waals surface area contributed by atoms with E-state index in [1.54, 1.807) is 23.0 Å². The van der Waals surface area contributed by atoms with Crippen LogP contribution in [0.15, 0.2) is 77.3 Å². The fraction of sp³-hybridized carbons (Fsp3) is 0.167. The summed E-state index contributed by atoms with van der Waals surface area (Å²) in [5.41, 5.74) is 2.33. The Hall–Kier alpha value is -3.51. The number of amides is 1. The Balaban J connectivity index is 1.35. The largest absolute Gasteiger partial charge is 0.486 e. The normalized spacial score (nSPS) is 10.8. The molecule has 0 aliphatic rings. The minimum atomic E-state index is -0.426. The van der Waals surface area contributed by atoms with Gasteiger partial charge in [-0.2, -0.15) is 5.10 Å². The highest BCUT2D eigenvalue weighted by molar-refractivity contribution is 6.33. The number of nitrogens with one attached hydrogen (secondary N) is 1. The van der Waals surface area contributed by atoms with Gasteiger partial charge in [-0.05, 0) is 41.8 Å². The van der Waals surface area contributed by atoms with Crippen molar-refractivity contribution < 1.29 is 13.9 Å². The number of aryl methyl sites for hydroxylation is 1.